The van der Waals surface area contributed by atoms with Gasteiger partial charge in [-0.25, -0.2) is 8.78 Å². The molecule has 1 heterocycles. The minimum Gasteiger partial charge on any atom is -0.434 e. The molecular weight excluding hydrogens is 336 g/mol. The van der Waals surface area contributed by atoms with E-state index in [1.807, 2.05) is 0 Å². The van der Waals surface area contributed by atoms with Crippen LogP contribution in [0, 0.1) is 0 Å². The molecule has 0 radical (unpaired) electrons. The first kappa shape index (κ1) is 18.3. The lowest BCUT2D eigenvalue weighted by Crippen LogP contribution is -2.67. The second-order valence-corrected chi connectivity index (χ2v) is 7.52. The van der Waals surface area contributed by atoms with Gasteiger partial charge in [0.1, 0.15) is 5.75 Å². The Kier molecular flexibility index (Phi) is 5.14. The molecule has 0 unspecified atom stereocenters. The molecule has 3 nitrogen and oxygen atoms in total. The van der Waals surface area contributed by atoms with Crippen molar-refractivity contribution in [2.24, 2.45) is 0 Å². The van der Waals surface area contributed by atoms with Crippen LogP contribution in [0.25, 0.3) is 0 Å². The standard InChI is InChI=1S/C18H24F4N2O/c1-18(2)10-24(14-6-4-3-5-13(14)23-18)11-7-8-15(25-17(21)22)12(9-11)16(19)20/h7-9,13-14,16-17,23H,3-6,10H2,1-2H3/t13-,14-/m1/s1. The predicted octanol–water partition coefficient (Wildman–Crippen LogP) is 4.73. The first-order valence-corrected chi connectivity index (χ1v) is 8.68. The molecule has 1 saturated carbocycles. The van der Waals surface area contributed by atoms with Crippen LogP contribution in [0.3, 0.4) is 0 Å². The van der Waals surface area contributed by atoms with Crippen LogP contribution >= 0.6 is 0 Å². The van der Waals surface area contributed by atoms with E-state index in [1.165, 1.54) is 12.1 Å². The van der Waals surface area contributed by atoms with Crippen LogP contribution in [0.5, 0.6) is 5.75 Å². The number of alkyl halides is 4. The van der Waals surface area contributed by atoms with Crippen molar-refractivity contribution in [2.45, 2.75) is 70.2 Å². The lowest BCUT2D eigenvalue weighted by Gasteiger charge is -2.52. The third-order valence-corrected chi connectivity index (χ3v) is 5.05. The SMILES string of the molecule is CC1(C)CN(c2ccc(OC(F)F)c(C(F)F)c2)[C@@H]2CCCC[C@H]2N1. The van der Waals surface area contributed by atoms with Gasteiger partial charge < -0.3 is 15.0 Å². The Hall–Kier alpha value is -1.50. The molecule has 2 atom stereocenters. The Morgan fingerprint density at radius 2 is 1.88 bits per heavy atom. The van der Waals surface area contributed by atoms with Crippen LogP contribution in [0.4, 0.5) is 23.2 Å². The Morgan fingerprint density at radius 1 is 1.16 bits per heavy atom. The molecule has 0 aromatic heterocycles. The molecule has 1 saturated heterocycles. The second kappa shape index (κ2) is 7.02. The molecule has 1 aromatic rings. The lowest BCUT2D eigenvalue weighted by molar-refractivity contribution is -0.0519. The topological polar surface area (TPSA) is 24.5 Å². The minimum atomic E-state index is -3.12. The van der Waals surface area contributed by atoms with Crippen LogP contribution in [-0.4, -0.2) is 30.8 Å². The maximum atomic E-state index is 13.4. The number of hydrogen-bond acceptors (Lipinski definition) is 3. The fourth-order valence-electron chi connectivity index (χ4n) is 4.11. The molecule has 3 rings (SSSR count). The summed E-state index contributed by atoms with van der Waals surface area (Å²) < 4.78 is 55.9. The molecule has 140 valence electrons. The van der Waals surface area contributed by atoms with Gasteiger partial charge in [-0.05, 0) is 44.9 Å². The van der Waals surface area contributed by atoms with Gasteiger partial charge in [0.05, 0.1) is 5.56 Å². The van der Waals surface area contributed by atoms with Crippen molar-refractivity contribution in [1.82, 2.24) is 5.32 Å². The smallest absolute Gasteiger partial charge is 0.387 e. The van der Waals surface area contributed by atoms with E-state index < -0.39 is 24.3 Å². The summed E-state index contributed by atoms with van der Waals surface area (Å²) in [6.45, 7) is 1.73. The Bertz CT molecular complexity index is 609. The van der Waals surface area contributed by atoms with Crippen molar-refractivity contribution >= 4 is 5.69 Å². The van der Waals surface area contributed by atoms with Crippen molar-refractivity contribution in [2.75, 3.05) is 11.4 Å². The molecule has 1 aliphatic carbocycles. The average Bonchev–Trinajstić information content (AvgIpc) is 2.53. The van der Waals surface area contributed by atoms with Crippen LogP contribution < -0.4 is 15.0 Å². The van der Waals surface area contributed by atoms with E-state index in [4.69, 9.17) is 0 Å². The van der Waals surface area contributed by atoms with Gasteiger partial charge in [0.2, 0.25) is 0 Å². The van der Waals surface area contributed by atoms with Gasteiger partial charge in [-0.15, -0.1) is 0 Å². The zero-order valence-corrected chi connectivity index (χ0v) is 14.4. The van der Waals surface area contributed by atoms with Crippen LogP contribution in [0.1, 0.15) is 51.5 Å². The van der Waals surface area contributed by atoms with Crippen molar-refractivity contribution in [1.29, 1.82) is 0 Å². The first-order valence-electron chi connectivity index (χ1n) is 8.68. The summed E-state index contributed by atoms with van der Waals surface area (Å²) in [5.41, 5.74) is 0.00616. The monoisotopic (exact) mass is 360 g/mol. The maximum Gasteiger partial charge on any atom is 0.387 e. The summed E-state index contributed by atoms with van der Waals surface area (Å²) >= 11 is 0. The molecule has 25 heavy (non-hydrogen) atoms. The van der Waals surface area contributed by atoms with Gasteiger partial charge in [0, 0.05) is 29.9 Å². The van der Waals surface area contributed by atoms with Crippen molar-refractivity contribution < 1.29 is 22.3 Å². The van der Waals surface area contributed by atoms with Crippen LogP contribution in [0.15, 0.2) is 18.2 Å². The lowest BCUT2D eigenvalue weighted by atomic mass is 9.83. The van der Waals surface area contributed by atoms with Crippen LogP contribution in [-0.2, 0) is 0 Å². The highest BCUT2D eigenvalue weighted by molar-refractivity contribution is 5.55. The molecule has 0 spiro atoms. The first-order chi connectivity index (χ1) is 11.8. The van der Waals surface area contributed by atoms with E-state index in [2.05, 4.69) is 28.8 Å². The number of rotatable bonds is 4. The van der Waals surface area contributed by atoms with E-state index in [0.717, 1.165) is 25.7 Å². The number of hydrogen-bond donors (Lipinski definition) is 1. The number of piperazine rings is 1. The summed E-state index contributed by atoms with van der Waals surface area (Å²) in [7, 11) is 0. The van der Waals surface area contributed by atoms with Crippen molar-refractivity contribution in [3.8, 4) is 5.75 Å². The number of ether oxygens (including phenoxy) is 1. The molecule has 0 bridgehead atoms. The highest BCUT2D eigenvalue weighted by Gasteiger charge is 2.40. The van der Waals surface area contributed by atoms with Gasteiger partial charge in [0.15, 0.2) is 0 Å². The quantitative estimate of drug-likeness (QED) is 0.786. The van der Waals surface area contributed by atoms with Gasteiger partial charge >= 0.3 is 6.61 Å². The Balaban J connectivity index is 1.94. The number of nitrogens with one attached hydrogen (secondary N) is 1. The van der Waals surface area contributed by atoms with Gasteiger partial charge in [-0.1, -0.05) is 12.8 Å². The molecule has 0 amide bonds. The van der Waals surface area contributed by atoms with Gasteiger partial charge in [0.25, 0.3) is 6.43 Å². The van der Waals surface area contributed by atoms with E-state index in [-0.39, 0.29) is 11.6 Å². The molecule has 1 N–H and O–H groups in total. The second-order valence-electron chi connectivity index (χ2n) is 7.52. The Morgan fingerprint density at radius 3 is 2.56 bits per heavy atom. The van der Waals surface area contributed by atoms with E-state index >= 15 is 0 Å². The van der Waals surface area contributed by atoms with E-state index in [0.29, 0.717) is 18.3 Å². The molecule has 7 heteroatoms. The number of halogens is 4. The predicted molar refractivity (Wildman–Crippen MR) is 88.6 cm³/mol. The number of nitrogens with zero attached hydrogens (tertiary/aromatic N) is 1. The average molecular weight is 360 g/mol. The fourth-order valence-corrected chi connectivity index (χ4v) is 4.11. The number of benzene rings is 1. The summed E-state index contributed by atoms with van der Waals surface area (Å²) in [5, 5.41) is 3.66. The summed E-state index contributed by atoms with van der Waals surface area (Å²) in [5.74, 6) is -0.455. The third kappa shape index (κ3) is 4.02. The normalized spacial score (nSPS) is 26.0. The molecule has 2 fully saturated rings. The minimum absolute atomic E-state index is 0.151. The summed E-state index contributed by atoms with van der Waals surface area (Å²) in [6.07, 6.45) is 1.44. The van der Waals surface area contributed by atoms with Crippen molar-refractivity contribution in [3.63, 3.8) is 0 Å². The molecule has 2 aliphatic rings. The molecular formula is C18H24F4N2O. The number of fused-ring (bicyclic) bond motifs is 1. The largest absolute Gasteiger partial charge is 0.434 e. The van der Waals surface area contributed by atoms with Crippen LogP contribution in [0.2, 0.25) is 0 Å². The highest BCUT2D eigenvalue weighted by Crippen LogP contribution is 2.38. The molecule has 1 aliphatic heterocycles. The van der Waals surface area contributed by atoms with E-state index in [1.54, 1.807) is 6.07 Å². The van der Waals surface area contributed by atoms with Gasteiger partial charge in [-0.2, -0.15) is 8.78 Å². The van der Waals surface area contributed by atoms with Gasteiger partial charge in [-0.3, -0.25) is 0 Å². The molecule has 1 aromatic carbocycles. The fraction of sp³-hybridized carbons (Fsp3) is 0.667. The zero-order chi connectivity index (χ0) is 18.2. The Labute approximate surface area is 145 Å². The number of anilines is 1. The highest BCUT2D eigenvalue weighted by atomic mass is 19.3. The summed E-state index contributed by atoms with van der Waals surface area (Å²) in [6, 6.07) is 4.68. The third-order valence-electron chi connectivity index (χ3n) is 5.05. The van der Waals surface area contributed by atoms with E-state index in [9.17, 15) is 17.6 Å². The maximum absolute atomic E-state index is 13.4. The summed E-state index contributed by atoms with van der Waals surface area (Å²) in [4.78, 5) is 2.15. The van der Waals surface area contributed by atoms with Crippen molar-refractivity contribution in [3.05, 3.63) is 23.8 Å². The zero-order valence-electron chi connectivity index (χ0n) is 14.4.